The molecular weight excluding hydrogens is 386 g/mol. The van der Waals surface area contributed by atoms with Gasteiger partial charge in [-0.1, -0.05) is 17.7 Å². The SMILES string of the molecule is CNc1nn2c3c(c(C)nc2c1S(=O)(=O)c1cccc(Cl)c1)CN(C)CC3. The van der Waals surface area contributed by atoms with Crippen LogP contribution in [0.5, 0.6) is 0 Å². The van der Waals surface area contributed by atoms with E-state index < -0.39 is 9.84 Å². The van der Waals surface area contributed by atoms with Crippen LogP contribution in [0.2, 0.25) is 5.02 Å². The fourth-order valence-corrected chi connectivity index (χ4v) is 5.32. The number of anilines is 1. The maximum Gasteiger partial charge on any atom is 0.214 e. The third-order valence-electron chi connectivity index (χ3n) is 4.90. The summed E-state index contributed by atoms with van der Waals surface area (Å²) in [5, 5.41) is 7.82. The van der Waals surface area contributed by atoms with Gasteiger partial charge in [0.2, 0.25) is 9.84 Å². The first-order valence-corrected chi connectivity index (χ1v) is 10.5. The average molecular weight is 406 g/mol. The lowest BCUT2D eigenvalue weighted by Gasteiger charge is -2.26. The number of benzene rings is 1. The third-order valence-corrected chi connectivity index (χ3v) is 6.93. The Balaban J connectivity index is 2.03. The lowest BCUT2D eigenvalue weighted by molar-refractivity contribution is 0.306. The van der Waals surface area contributed by atoms with Gasteiger partial charge in [-0.3, -0.25) is 0 Å². The van der Waals surface area contributed by atoms with Crippen LogP contribution in [0.1, 0.15) is 17.0 Å². The van der Waals surface area contributed by atoms with Crippen LogP contribution >= 0.6 is 11.6 Å². The van der Waals surface area contributed by atoms with Gasteiger partial charge in [0, 0.05) is 42.8 Å². The summed E-state index contributed by atoms with van der Waals surface area (Å²) < 4.78 is 28.4. The molecule has 27 heavy (non-hydrogen) atoms. The number of hydrogen-bond acceptors (Lipinski definition) is 6. The van der Waals surface area contributed by atoms with Crippen LogP contribution in [-0.4, -0.2) is 48.6 Å². The molecule has 2 aromatic heterocycles. The second kappa shape index (κ2) is 6.47. The number of aryl methyl sites for hydroxylation is 1. The van der Waals surface area contributed by atoms with Crippen molar-refractivity contribution < 1.29 is 8.42 Å². The van der Waals surface area contributed by atoms with Gasteiger partial charge in [-0.2, -0.15) is 0 Å². The topological polar surface area (TPSA) is 79.6 Å². The van der Waals surface area contributed by atoms with Crippen molar-refractivity contribution in [3.63, 3.8) is 0 Å². The van der Waals surface area contributed by atoms with Crippen LogP contribution in [0.15, 0.2) is 34.1 Å². The predicted octanol–water partition coefficient (Wildman–Crippen LogP) is 2.55. The van der Waals surface area contributed by atoms with Gasteiger partial charge in [0.25, 0.3) is 0 Å². The van der Waals surface area contributed by atoms with Crippen LogP contribution < -0.4 is 5.32 Å². The van der Waals surface area contributed by atoms with E-state index in [0.717, 1.165) is 36.5 Å². The number of nitrogens with one attached hydrogen (secondary N) is 1. The predicted molar refractivity (Wildman–Crippen MR) is 104 cm³/mol. The molecule has 9 heteroatoms. The Labute approximate surface area is 162 Å². The van der Waals surface area contributed by atoms with E-state index in [-0.39, 0.29) is 15.6 Å². The van der Waals surface area contributed by atoms with E-state index in [1.54, 1.807) is 23.7 Å². The first-order chi connectivity index (χ1) is 12.8. The zero-order valence-corrected chi connectivity index (χ0v) is 16.9. The number of rotatable bonds is 3. The number of nitrogens with zero attached hydrogens (tertiary/aromatic N) is 4. The van der Waals surface area contributed by atoms with Crippen molar-refractivity contribution in [1.82, 2.24) is 19.5 Å². The maximum atomic E-state index is 13.4. The summed E-state index contributed by atoms with van der Waals surface area (Å²) in [6.07, 6.45) is 0.785. The second-order valence-electron chi connectivity index (χ2n) is 6.73. The molecule has 142 valence electrons. The fourth-order valence-electron chi connectivity index (χ4n) is 3.52. The molecule has 0 amide bonds. The molecule has 0 bridgehead atoms. The Morgan fingerprint density at radius 3 is 2.78 bits per heavy atom. The Morgan fingerprint density at radius 2 is 2.07 bits per heavy atom. The van der Waals surface area contributed by atoms with Crippen molar-refractivity contribution >= 4 is 32.9 Å². The molecule has 3 heterocycles. The highest BCUT2D eigenvalue weighted by Gasteiger charge is 2.31. The molecule has 1 aliphatic heterocycles. The van der Waals surface area contributed by atoms with Gasteiger partial charge in [0.1, 0.15) is 0 Å². The highest BCUT2D eigenvalue weighted by atomic mass is 35.5. The van der Waals surface area contributed by atoms with Crippen molar-refractivity contribution in [2.45, 2.75) is 29.7 Å². The van der Waals surface area contributed by atoms with Crippen molar-refractivity contribution in [3.8, 4) is 0 Å². The summed E-state index contributed by atoms with van der Waals surface area (Å²) in [5.74, 6) is 0.286. The molecule has 1 N–H and O–H groups in total. The zero-order chi connectivity index (χ0) is 19.3. The molecule has 0 aliphatic carbocycles. The van der Waals surface area contributed by atoms with Crippen LogP contribution in [0.4, 0.5) is 5.82 Å². The van der Waals surface area contributed by atoms with Gasteiger partial charge < -0.3 is 10.2 Å². The molecule has 0 atom stereocenters. The normalized spacial score (nSPS) is 15.1. The molecular formula is C18H20ClN5O2S. The minimum atomic E-state index is -3.84. The van der Waals surface area contributed by atoms with Crippen molar-refractivity contribution in [2.24, 2.45) is 0 Å². The van der Waals surface area contributed by atoms with Gasteiger partial charge in [0.05, 0.1) is 10.6 Å². The van der Waals surface area contributed by atoms with Crippen molar-refractivity contribution in [1.29, 1.82) is 0 Å². The molecule has 1 aromatic carbocycles. The summed E-state index contributed by atoms with van der Waals surface area (Å²) in [6, 6.07) is 6.24. The van der Waals surface area contributed by atoms with Crippen LogP contribution in [0.25, 0.3) is 5.65 Å². The molecule has 4 rings (SSSR count). The van der Waals surface area contributed by atoms with E-state index in [2.05, 4.69) is 27.3 Å². The molecule has 0 saturated carbocycles. The Kier molecular flexibility index (Phi) is 4.37. The quantitative estimate of drug-likeness (QED) is 0.721. The molecule has 3 aromatic rings. The van der Waals surface area contributed by atoms with Crippen molar-refractivity contribution in [3.05, 3.63) is 46.2 Å². The molecule has 0 spiro atoms. The minimum Gasteiger partial charge on any atom is -0.370 e. The van der Waals surface area contributed by atoms with E-state index in [4.69, 9.17) is 11.6 Å². The van der Waals surface area contributed by atoms with Gasteiger partial charge >= 0.3 is 0 Å². The summed E-state index contributed by atoms with van der Waals surface area (Å²) in [5.41, 5.74) is 3.29. The summed E-state index contributed by atoms with van der Waals surface area (Å²) in [4.78, 5) is 7.05. The summed E-state index contributed by atoms with van der Waals surface area (Å²) in [7, 11) is -0.127. The van der Waals surface area contributed by atoms with Crippen molar-refractivity contribution in [2.75, 3.05) is 26.0 Å². The highest BCUT2D eigenvalue weighted by molar-refractivity contribution is 7.91. The Hall–Kier alpha value is -2.16. The molecule has 0 radical (unpaired) electrons. The van der Waals surface area contributed by atoms with E-state index in [1.165, 1.54) is 12.1 Å². The summed E-state index contributed by atoms with van der Waals surface area (Å²) in [6.45, 7) is 3.58. The smallest absolute Gasteiger partial charge is 0.214 e. The van der Waals surface area contributed by atoms with Gasteiger partial charge in [-0.05, 0) is 32.2 Å². The lowest BCUT2D eigenvalue weighted by atomic mass is 10.0. The number of halogens is 1. The fraction of sp³-hybridized carbons (Fsp3) is 0.333. The highest BCUT2D eigenvalue weighted by Crippen LogP contribution is 2.33. The first kappa shape index (κ1) is 18.2. The van der Waals surface area contributed by atoms with Crippen LogP contribution in [-0.2, 0) is 22.8 Å². The van der Waals surface area contributed by atoms with E-state index >= 15 is 0 Å². The second-order valence-corrected chi connectivity index (χ2v) is 9.06. The first-order valence-electron chi connectivity index (χ1n) is 8.61. The van der Waals surface area contributed by atoms with E-state index in [9.17, 15) is 8.42 Å². The average Bonchev–Trinajstić information content (AvgIpc) is 3.01. The molecule has 0 fully saturated rings. The number of fused-ring (bicyclic) bond motifs is 3. The standard InChI is InChI=1S/C18H20ClN5O2S/c1-11-14-10-23(3)8-7-15(14)24-18(21-11)16(17(20-2)22-24)27(25,26)13-6-4-5-12(19)9-13/h4-6,9H,7-8,10H2,1-3H3,(H,20,22). The number of aromatic nitrogens is 3. The lowest BCUT2D eigenvalue weighted by Crippen LogP contribution is -2.29. The zero-order valence-electron chi connectivity index (χ0n) is 15.3. The molecule has 0 unspecified atom stereocenters. The third kappa shape index (κ3) is 2.88. The largest absolute Gasteiger partial charge is 0.370 e. The Bertz CT molecular complexity index is 1160. The maximum absolute atomic E-state index is 13.4. The Morgan fingerprint density at radius 1 is 1.30 bits per heavy atom. The molecule has 7 nitrogen and oxygen atoms in total. The monoisotopic (exact) mass is 405 g/mol. The summed E-state index contributed by atoms with van der Waals surface area (Å²) >= 11 is 6.02. The number of hydrogen-bond donors (Lipinski definition) is 1. The number of likely N-dealkylation sites (N-methyl/N-ethyl adjacent to an activating group) is 1. The van der Waals surface area contributed by atoms with Crippen LogP contribution in [0, 0.1) is 6.92 Å². The van der Waals surface area contributed by atoms with Gasteiger partial charge in [0.15, 0.2) is 16.4 Å². The minimum absolute atomic E-state index is 0.0806. The van der Waals surface area contributed by atoms with Gasteiger partial charge in [-0.15, -0.1) is 5.10 Å². The van der Waals surface area contributed by atoms with E-state index in [1.807, 2.05) is 6.92 Å². The molecule has 0 saturated heterocycles. The number of sulfone groups is 1. The van der Waals surface area contributed by atoms with Crippen LogP contribution in [0.3, 0.4) is 0 Å². The van der Waals surface area contributed by atoms with Gasteiger partial charge in [-0.25, -0.2) is 17.9 Å². The molecule has 1 aliphatic rings. The van der Waals surface area contributed by atoms with E-state index in [0.29, 0.717) is 10.7 Å².